The van der Waals surface area contributed by atoms with Crippen molar-refractivity contribution in [3.05, 3.63) is 18.2 Å². The molecule has 0 amide bonds. The summed E-state index contributed by atoms with van der Waals surface area (Å²) in [6.45, 7) is 0. The quantitative estimate of drug-likeness (QED) is 0.522. The molecule has 1 aromatic carbocycles. The number of aromatic nitrogens is 2. The van der Waals surface area contributed by atoms with E-state index in [0.29, 0.717) is 0 Å². The lowest BCUT2D eigenvalue weighted by Crippen LogP contribution is -1.90. The standard InChI is InChI=1S/C6H5N2OP/c10-5-3-1-2-4-6(5)8-9-7-4/h1-3H,10H2. The molecule has 50 valence electrons. The lowest BCUT2D eigenvalue weighted by Gasteiger charge is -1.86. The van der Waals surface area contributed by atoms with E-state index in [2.05, 4.69) is 24.2 Å². The average Bonchev–Trinajstić information content (AvgIpc) is 2.36. The Labute approximate surface area is 59.6 Å². The zero-order valence-electron chi connectivity index (χ0n) is 5.11. The van der Waals surface area contributed by atoms with Gasteiger partial charge in [0.25, 0.3) is 0 Å². The fourth-order valence-electron chi connectivity index (χ4n) is 0.827. The Kier molecular flexibility index (Phi) is 1.18. The molecule has 3 nitrogen and oxygen atoms in total. The van der Waals surface area contributed by atoms with Crippen LogP contribution in [0, 0.1) is 0 Å². The zero-order chi connectivity index (χ0) is 6.97. The normalized spacial score (nSPS) is 10.5. The molecule has 0 fully saturated rings. The minimum atomic E-state index is 0.799. The summed E-state index contributed by atoms with van der Waals surface area (Å²) in [7, 11) is 2.57. The minimum absolute atomic E-state index is 0.799. The summed E-state index contributed by atoms with van der Waals surface area (Å²) < 4.78 is 4.53. The molecule has 0 aliphatic heterocycles. The van der Waals surface area contributed by atoms with Crippen molar-refractivity contribution in [3.8, 4) is 0 Å². The van der Waals surface area contributed by atoms with Crippen LogP contribution < -0.4 is 5.30 Å². The van der Waals surface area contributed by atoms with Crippen LogP contribution in [0.1, 0.15) is 0 Å². The van der Waals surface area contributed by atoms with Gasteiger partial charge in [-0.3, -0.25) is 0 Å². The van der Waals surface area contributed by atoms with Gasteiger partial charge in [0.15, 0.2) is 0 Å². The highest BCUT2D eigenvalue weighted by Gasteiger charge is 1.99. The Morgan fingerprint density at radius 2 is 2.20 bits per heavy atom. The fraction of sp³-hybridized carbons (Fsp3) is 0. The first-order chi connectivity index (χ1) is 4.88. The molecular weight excluding hydrogens is 147 g/mol. The molecule has 4 heteroatoms. The summed E-state index contributed by atoms with van der Waals surface area (Å²) in [4.78, 5) is 0. The molecule has 1 heterocycles. The van der Waals surface area contributed by atoms with Crippen LogP contribution in [-0.2, 0) is 0 Å². The van der Waals surface area contributed by atoms with Crippen molar-refractivity contribution in [1.29, 1.82) is 0 Å². The van der Waals surface area contributed by atoms with Gasteiger partial charge in [-0.2, -0.15) is 0 Å². The van der Waals surface area contributed by atoms with Crippen LogP contribution in [-0.4, -0.2) is 10.3 Å². The van der Waals surface area contributed by atoms with Crippen molar-refractivity contribution in [1.82, 2.24) is 10.3 Å². The predicted octanol–water partition coefficient (Wildman–Crippen LogP) is 0.723. The lowest BCUT2D eigenvalue weighted by molar-refractivity contribution is 0.315. The van der Waals surface area contributed by atoms with Gasteiger partial charge in [0.1, 0.15) is 11.0 Å². The van der Waals surface area contributed by atoms with Crippen LogP contribution in [0.4, 0.5) is 0 Å². The van der Waals surface area contributed by atoms with E-state index in [9.17, 15) is 0 Å². The van der Waals surface area contributed by atoms with Crippen molar-refractivity contribution < 1.29 is 4.63 Å². The van der Waals surface area contributed by atoms with E-state index in [1.54, 1.807) is 0 Å². The number of nitrogens with zero attached hydrogens (tertiary/aromatic N) is 2. The molecule has 1 atom stereocenters. The van der Waals surface area contributed by atoms with Gasteiger partial charge in [-0.25, -0.2) is 4.63 Å². The first kappa shape index (κ1) is 5.81. The van der Waals surface area contributed by atoms with E-state index in [-0.39, 0.29) is 0 Å². The summed E-state index contributed by atoms with van der Waals surface area (Å²) in [5, 5.41) is 8.40. The van der Waals surface area contributed by atoms with E-state index in [0.717, 1.165) is 16.3 Å². The number of hydrogen-bond acceptors (Lipinski definition) is 3. The molecule has 1 aromatic heterocycles. The van der Waals surface area contributed by atoms with Crippen LogP contribution in [0.3, 0.4) is 0 Å². The highest BCUT2D eigenvalue weighted by Crippen LogP contribution is 2.06. The zero-order valence-corrected chi connectivity index (χ0v) is 6.27. The van der Waals surface area contributed by atoms with Crippen molar-refractivity contribution in [2.45, 2.75) is 0 Å². The SMILES string of the molecule is Pc1cccc2nonc12. The molecule has 0 N–H and O–H groups in total. The Hall–Kier alpha value is -0.950. The topological polar surface area (TPSA) is 38.9 Å². The van der Waals surface area contributed by atoms with E-state index in [1.165, 1.54) is 0 Å². The highest BCUT2D eigenvalue weighted by molar-refractivity contribution is 7.28. The van der Waals surface area contributed by atoms with Gasteiger partial charge < -0.3 is 0 Å². The van der Waals surface area contributed by atoms with E-state index >= 15 is 0 Å². The molecular formula is C6H5N2OP. The summed E-state index contributed by atoms with van der Waals surface area (Å²) in [6, 6.07) is 5.71. The maximum atomic E-state index is 4.53. The van der Waals surface area contributed by atoms with Crippen LogP contribution in [0.25, 0.3) is 11.0 Å². The number of fused-ring (bicyclic) bond motifs is 1. The molecule has 0 saturated carbocycles. The second kappa shape index (κ2) is 2.03. The number of benzene rings is 1. The molecule has 0 aliphatic rings. The summed E-state index contributed by atoms with van der Waals surface area (Å²) in [5.41, 5.74) is 1.61. The molecule has 0 spiro atoms. The van der Waals surface area contributed by atoms with Crippen LogP contribution >= 0.6 is 9.24 Å². The van der Waals surface area contributed by atoms with E-state index in [4.69, 9.17) is 0 Å². The van der Waals surface area contributed by atoms with Gasteiger partial charge in [-0.15, -0.1) is 9.24 Å². The molecule has 0 bridgehead atoms. The second-order valence-corrected chi connectivity index (χ2v) is 2.60. The Morgan fingerprint density at radius 1 is 1.30 bits per heavy atom. The van der Waals surface area contributed by atoms with E-state index < -0.39 is 0 Å². The maximum absolute atomic E-state index is 4.53. The van der Waals surface area contributed by atoms with Crippen molar-refractivity contribution >= 4 is 25.6 Å². The highest BCUT2D eigenvalue weighted by atomic mass is 31.0. The molecule has 1 unspecified atom stereocenters. The molecule has 2 rings (SSSR count). The van der Waals surface area contributed by atoms with Crippen LogP contribution in [0.15, 0.2) is 22.8 Å². The largest absolute Gasteiger partial charge is 0.243 e. The van der Waals surface area contributed by atoms with Gasteiger partial charge in [-0.05, 0) is 16.4 Å². The second-order valence-electron chi connectivity index (χ2n) is 1.98. The summed E-state index contributed by atoms with van der Waals surface area (Å²) in [6.07, 6.45) is 0. The molecule has 10 heavy (non-hydrogen) atoms. The van der Waals surface area contributed by atoms with Crippen molar-refractivity contribution in [2.24, 2.45) is 0 Å². The molecule has 0 saturated heterocycles. The first-order valence-electron chi connectivity index (χ1n) is 2.85. The summed E-state index contributed by atoms with van der Waals surface area (Å²) >= 11 is 0. The monoisotopic (exact) mass is 152 g/mol. The van der Waals surface area contributed by atoms with Gasteiger partial charge in [0.05, 0.1) is 0 Å². The summed E-state index contributed by atoms with van der Waals surface area (Å²) in [5.74, 6) is 0. The molecule has 2 aromatic rings. The van der Waals surface area contributed by atoms with Crippen LogP contribution in [0.5, 0.6) is 0 Å². The third kappa shape index (κ3) is 0.711. The van der Waals surface area contributed by atoms with Gasteiger partial charge >= 0.3 is 0 Å². The number of hydrogen-bond donors (Lipinski definition) is 0. The van der Waals surface area contributed by atoms with Crippen molar-refractivity contribution in [3.63, 3.8) is 0 Å². The minimum Gasteiger partial charge on any atom is -0.243 e. The lowest BCUT2D eigenvalue weighted by atomic mass is 10.3. The third-order valence-corrected chi connectivity index (χ3v) is 1.78. The number of rotatable bonds is 0. The first-order valence-corrected chi connectivity index (χ1v) is 3.42. The van der Waals surface area contributed by atoms with Gasteiger partial charge in [0.2, 0.25) is 0 Å². The molecule has 0 radical (unpaired) electrons. The Balaban J connectivity index is 2.95. The molecule has 0 aliphatic carbocycles. The maximum Gasteiger partial charge on any atom is 0.142 e. The van der Waals surface area contributed by atoms with Crippen LogP contribution in [0.2, 0.25) is 0 Å². The van der Waals surface area contributed by atoms with Gasteiger partial charge in [-0.1, -0.05) is 12.1 Å². The fourth-order valence-corrected chi connectivity index (χ4v) is 1.14. The predicted molar refractivity (Wildman–Crippen MR) is 41.1 cm³/mol. The average molecular weight is 152 g/mol. The Bertz CT molecular complexity index is 357. The Morgan fingerprint density at radius 3 is 3.00 bits per heavy atom. The van der Waals surface area contributed by atoms with Gasteiger partial charge in [0, 0.05) is 5.30 Å². The van der Waals surface area contributed by atoms with Crippen molar-refractivity contribution in [2.75, 3.05) is 0 Å². The van der Waals surface area contributed by atoms with E-state index in [1.807, 2.05) is 18.2 Å². The smallest absolute Gasteiger partial charge is 0.142 e. The third-order valence-electron chi connectivity index (χ3n) is 1.32.